The first-order valence-electron chi connectivity index (χ1n) is 12.2. The van der Waals surface area contributed by atoms with E-state index in [4.69, 9.17) is 0 Å². The third kappa shape index (κ3) is 3.38. The minimum absolute atomic E-state index is 0.0418. The predicted octanol–water partition coefficient (Wildman–Crippen LogP) is 6.20. The lowest BCUT2D eigenvalue weighted by Crippen LogP contribution is -2.57. The lowest BCUT2D eigenvalue weighted by Gasteiger charge is -2.60. The summed E-state index contributed by atoms with van der Waals surface area (Å²) in [4.78, 5) is 12.0. The van der Waals surface area contributed by atoms with Crippen LogP contribution in [0.1, 0.15) is 79.6 Å². The summed E-state index contributed by atoms with van der Waals surface area (Å²) in [6.45, 7) is 11.7. The van der Waals surface area contributed by atoms with Crippen LogP contribution >= 0.6 is 0 Å². The van der Waals surface area contributed by atoms with Gasteiger partial charge < -0.3 is 5.11 Å². The smallest absolute Gasteiger partial charge is 0.155 e. The first-order valence-corrected chi connectivity index (χ1v) is 12.2. The third-order valence-corrected chi connectivity index (χ3v) is 9.90. The van der Waals surface area contributed by atoms with Crippen LogP contribution in [0.4, 0.5) is 0 Å². The van der Waals surface area contributed by atoms with Gasteiger partial charge >= 0.3 is 0 Å². The Morgan fingerprint density at radius 1 is 1.14 bits per heavy atom. The van der Waals surface area contributed by atoms with Gasteiger partial charge in [-0.25, -0.2) is 0 Å². The van der Waals surface area contributed by atoms with E-state index in [1.807, 2.05) is 6.08 Å². The van der Waals surface area contributed by atoms with Gasteiger partial charge in [0.15, 0.2) is 5.78 Å². The summed E-state index contributed by atoms with van der Waals surface area (Å²) in [7, 11) is 0. The molecule has 3 fully saturated rings. The Bertz CT molecular complexity index is 691. The molecule has 0 aromatic heterocycles. The van der Waals surface area contributed by atoms with Gasteiger partial charge in [0.2, 0.25) is 0 Å². The van der Waals surface area contributed by atoms with E-state index < -0.39 is 0 Å². The van der Waals surface area contributed by atoms with Crippen molar-refractivity contribution < 1.29 is 9.90 Å². The summed E-state index contributed by atoms with van der Waals surface area (Å²) < 4.78 is 0. The van der Waals surface area contributed by atoms with Crippen LogP contribution in [0, 0.1) is 52.3 Å². The van der Waals surface area contributed by atoms with Crippen LogP contribution in [0.2, 0.25) is 0 Å². The van der Waals surface area contributed by atoms with Crippen molar-refractivity contribution in [3.8, 4) is 0 Å². The Hall–Kier alpha value is -0.890. The molecule has 0 aliphatic heterocycles. The van der Waals surface area contributed by atoms with Crippen molar-refractivity contribution in [2.45, 2.75) is 85.7 Å². The predicted molar refractivity (Wildman–Crippen MR) is 119 cm³/mol. The SMILES string of the molecule is CC(C)C/C=C/[C@@H](C)[C@H]1CC[C@H]2[C@@H]3CC[C@H]4CC(=O)C=C[C@]4(C)[C@H]3C[C@@H](O)[C@]12C. The fourth-order valence-electron chi connectivity index (χ4n) is 8.19. The first kappa shape index (κ1) is 21.3. The standard InChI is InChI=1S/C27H42O2/c1-17(2)7-6-8-18(3)22-11-12-23-21-10-9-19-15-20(28)13-14-26(19,4)24(21)16-25(29)27(22,23)5/h6,8,13-14,17-19,21-25,29H,7,9-12,15-16H2,1-5H3/b8-6+/t18-,19+,21+,22-,23+,24+,25-,26+,27-/m1/s1. The maximum absolute atomic E-state index is 12.0. The van der Waals surface area contributed by atoms with Crippen LogP contribution in [0.5, 0.6) is 0 Å². The van der Waals surface area contributed by atoms with E-state index in [2.05, 4.69) is 52.8 Å². The number of ketones is 1. The van der Waals surface area contributed by atoms with Crippen molar-refractivity contribution in [2.75, 3.05) is 0 Å². The van der Waals surface area contributed by atoms with Gasteiger partial charge in [0.05, 0.1) is 6.10 Å². The van der Waals surface area contributed by atoms with Crippen molar-refractivity contribution in [1.82, 2.24) is 0 Å². The number of allylic oxidation sites excluding steroid dienone is 4. The highest BCUT2D eigenvalue weighted by Crippen LogP contribution is 2.67. The number of carbonyl (C=O) groups is 1. The van der Waals surface area contributed by atoms with E-state index >= 15 is 0 Å². The Morgan fingerprint density at radius 2 is 1.90 bits per heavy atom. The second kappa shape index (κ2) is 7.66. The molecule has 29 heavy (non-hydrogen) atoms. The van der Waals surface area contributed by atoms with Crippen LogP contribution < -0.4 is 0 Å². The minimum Gasteiger partial charge on any atom is -0.393 e. The van der Waals surface area contributed by atoms with E-state index in [1.165, 1.54) is 25.7 Å². The zero-order valence-electron chi connectivity index (χ0n) is 19.2. The maximum Gasteiger partial charge on any atom is 0.155 e. The summed E-state index contributed by atoms with van der Waals surface area (Å²) in [6.07, 6.45) is 16.4. The molecule has 0 saturated heterocycles. The molecule has 4 rings (SSSR count). The van der Waals surface area contributed by atoms with Crippen LogP contribution in [-0.4, -0.2) is 17.0 Å². The molecule has 4 aliphatic rings. The van der Waals surface area contributed by atoms with Crippen molar-refractivity contribution in [1.29, 1.82) is 0 Å². The second-order valence-corrected chi connectivity index (χ2v) is 11.7. The molecule has 2 heteroatoms. The van der Waals surface area contributed by atoms with Crippen molar-refractivity contribution in [3.05, 3.63) is 24.3 Å². The highest BCUT2D eigenvalue weighted by atomic mass is 16.3. The van der Waals surface area contributed by atoms with Crippen molar-refractivity contribution in [3.63, 3.8) is 0 Å². The highest BCUT2D eigenvalue weighted by Gasteiger charge is 2.63. The number of hydrogen-bond donors (Lipinski definition) is 1. The molecule has 0 radical (unpaired) electrons. The molecule has 0 unspecified atom stereocenters. The quantitative estimate of drug-likeness (QED) is 0.572. The summed E-state index contributed by atoms with van der Waals surface area (Å²) in [5, 5.41) is 11.6. The zero-order valence-corrected chi connectivity index (χ0v) is 19.2. The molecule has 0 aromatic carbocycles. The Labute approximate surface area is 178 Å². The number of fused-ring (bicyclic) bond motifs is 5. The fraction of sp³-hybridized carbons (Fsp3) is 0.815. The van der Waals surface area contributed by atoms with Crippen molar-refractivity contribution >= 4 is 5.78 Å². The molecule has 3 saturated carbocycles. The van der Waals surface area contributed by atoms with Gasteiger partial charge in [-0.3, -0.25) is 4.79 Å². The van der Waals surface area contributed by atoms with E-state index in [9.17, 15) is 9.90 Å². The number of carbonyl (C=O) groups excluding carboxylic acids is 1. The third-order valence-electron chi connectivity index (χ3n) is 9.90. The second-order valence-electron chi connectivity index (χ2n) is 11.7. The summed E-state index contributed by atoms with van der Waals surface area (Å²) in [6, 6.07) is 0. The average molecular weight is 399 g/mol. The first-order chi connectivity index (χ1) is 13.7. The number of rotatable bonds is 4. The molecule has 0 heterocycles. The molecule has 0 amide bonds. The number of aliphatic hydroxyl groups excluding tert-OH is 1. The summed E-state index contributed by atoms with van der Waals surface area (Å²) in [5.41, 5.74) is 0.139. The molecule has 0 spiro atoms. The largest absolute Gasteiger partial charge is 0.393 e. The molecule has 0 bridgehead atoms. The molecule has 1 N–H and O–H groups in total. The Balaban J connectivity index is 1.58. The lowest BCUT2D eigenvalue weighted by atomic mass is 9.45. The van der Waals surface area contributed by atoms with E-state index in [0.29, 0.717) is 53.6 Å². The van der Waals surface area contributed by atoms with Gasteiger partial charge in [0.25, 0.3) is 0 Å². The Kier molecular flexibility index (Phi) is 5.64. The molecule has 0 aromatic rings. The average Bonchev–Trinajstić information content (AvgIpc) is 3.02. The lowest BCUT2D eigenvalue weighted by molar-refractivity contribution is -0.152. The Morgan fingerprint density at radius 3 is 2.62 bits per heavy atom. The van der Waals surface area contributed by atoms with E-state index in [-0.39, 0.29) is 16.9 Å². The molecule has 4 aliphatic carbocycles. The van der Waals surface area contributed by atoms with Gasteiger partial charge in [-0.1, -0.05) is 52.8 Å². The van der Waals surface area contributed by atoms with Gasteiger partial charge in [-0.2, -0.15) is 0 Å². The fourth-order valence-corrected chi connectivity index (χ4v) is 8.19. The van der Waals surface area contributed by atoms with Crippen molar-refractivity contribution in [2.24, 2.45) is 52.3 Å². The molecule has 2 nitrogen and oxygen atoms in total. The van der Waals surface area contributed by atoms with Crippen LogP contribution in [0.25, 0.3) is 0 Å². The van der Waals surface area contributed by atoms with Crippen LogP contribution in [0.3, 0.4) is 0 Å². The molecule has 9 atom stereocenters. The molecular formula is C27H42O2. The minimum atomic E-state index is -0.219. The maximum atomic E-state index is 12.0. The monoisotopic (exact) mass is 398 g/mol. The number of aliphatic hydroxyl groups is 1. The highest BCUT2D eigenvalue weighted by molar-refractivity contribution is 5.91. The van der Waals surface area contributed by atoms with Gasteiger partial charge in [-0.15, -0.1) is 0 Å². The van der Waals surface area contributed by atoms with Gasteiger partial charge in [0, 0.05) is 6.42 Å². The summed E-state index contributed by atoms with van der Waals surface area (Å²) >= 11 is 0. The summed E-state index contributed by atoms with van der Waals surface area (Å²) in [5.74, 6) is 4.48. The number of hydrogen-bond acceptors (Lipinski definition) is 2. The van der Waals surface area contributed by atoms with Crippen LogP contribution in [0.15, 0.2) is 24.3 Å². The van der Waals surface area contributed by atoms with Gasteiger partial charge in [-0.05, 0) is 96.9 Å². The molecule has 162 valence electrons. The van der Waals surface area contributed by atoms with Crippen LogP contribution in [-0.2, 0) is 4.79 Å². The topological polar surface area (TPSA) is 37.3 Å². The molecular weight excluding hydrogens is 356 g/mol. The normalized spacial score (nSPS) is 47.9. The van der Waals surface area contributed by atoms with Gasteiger partial charge in [0.1, 0.15) is 0 Å². The van der Waals surface area contributed by atoms with E-state index in [0.717, 1.165) is 12.8 Å². The van der Waals surface area contributed by atoms with E-state index in [1.54, 1.807) is 0 Å². The zero-order chi connectivity index (χ0) is 21.0.